The van der Waals surface area contributed by atoms with E-state index < -0.39 is 30.7 Å². The van der Waals surface area contributed by atoms with Crippen molar-refractivity contribution in [2.24, 2.45) is 5.92 Å². The maximum Gasteiger partial charge on any atom is 0.461 e. The van der Waals surface area contributed by atoms with Crippen molar-refractivity contribution in [2.45, 2.75) is 57.6 Å². The minimum absolute atomic E-state index is 0.119. The normalized spacial score (nSPS) is 37.4. The molecule has 1 saturated heterocycles. The molecule has 1 aliphatic carbocycles. The van der Waals surface area contributed by atoms with Gasteiger partial charge in [-0.2, -0.15) is 0 Å². The fourth-order valence-electron chi connectivity index (χ4n) is 1.90. The topological polar surface area (TPSA) is 18.5 Å². The molecule has 0 N–H and O–H groups in total. The summed E-state index contributed by atoms with van der Waals surface area (Å²) in [5.74, 6) is -0.647. The third-order valence-electron chi connectivity index (χ3n) is 3.84. The van der Waals surface area contributed by atoms with Crippen molar-refractivity contribution in [2.75, 3.05) is 0 Å². The summed E-state index contributed by atoms with van der Waals surface area (Å²) in [5, 5.41) is 0. The highest BCUT2D eigenvalue weighted by molar-refractivity contribution is 6.48. The first kappa shape index (κ1) is 11.3. The zero-order valence-electron chi connectivity index (χ0n) is 9.59. The molecular formula is C10H17BF2O2. The third kappa shape index (κ3) is 1.80. The van der Waals surface area contributed by atoms with E-state index >= 15 is 0 Å². The Hall–Kier alpha value is -0.155. The molecule has 0 aromatic heterocycles. The van der Waals surface area contributed by atoms with Crippen LogP contribution in [0.5, 0.6) is 0 Å². The summed E-state index contributed by atoms with van der Waals surface area (Å²) in [6, 6.07) is 0. The molecule has 0 amide bonds. The van der Waals surface area contributed by atoms with Crippen molar-refractivity contribution < 1.29 is 18.1 Å². The van der Waals surface area contributed by atoms with Gasteiger partial charge in [-0.05, 0) is 34.1 Å². The van der Waals surface area contributed by atoms with Crippen molar-refractivity contribution in [1.82, 2.24) is 0 Å². The van der Waals surface area contributed by atoms with Crippen molar-refractivity contribution in [1.29, 1.82) is 0 Å². The van der Waals surface area contributed by atoms with Crippen LogP contribution in [0.1, 0.15) is 34.1 Å². The monoisotopic (exact) mass is 218 g/mol. The first-order valence-electron chi connectivity index (χ1n) is 5.38. The lowest BCUT2D eigenvalue weighted by Gasteiger charge is -2.32. The molecule has 86 valence electrons. The molecule has 0 aromatic carbocycles. The van der Waals surface area contributed by atoms with E-state index in [0.29, 0.717) is 6.42 Å². The van der Waals surface area contributed by atoms with E-state index in [2.05, 4.69) is 0 Å². The van der Waals surface area contributed by atoms with Gasteiger partial charge in [0.15, 0.2) is 0 Å². The van der Waals surface area contributed by atoms with Gasteiger partial charge in [0, 0.05) is 11.7 Å². The van der Waals surface area contributed by atoms with E-state index in [1.807, 2.05) is 27.7 Å². The van der Waals surface area contributed by atoms with Gasteiger partial charge in [0.05, 0.1) is 11.2 Å². The Balaban J connectivity index is 2.00. The minimum atomic E-state index is -2.24. The largest absolute Gasteiger partial charge is 0.461 e. The molecule has 5 heteroatoms. The molecule has 0 spiro atoms. The zero-order valence-corrected chi connectivity index (χ0v) is 9.59. The Kier molecular flexibility index (Phi) is 2.40. The Morgan fingerprint density at radius 2 is 1.60 bits per heavy atom. The fourth-order valence-corrected chi connectivity index (χ4v) is 1.90. The number of hydrogen-bond acceptors (Lipinski definition) is 2. The number of hydrogen-bond donors (Lipinski definition) is 0. The molecule has 0 radical (unpaired) electrons. The Morgan fingerprint density at radius 1 is 1.13 bits per heavy atom. The van der Waals surface area contributed by atoms with Gasteiger partial charge in [0.25, 0.3) is 0 Å². The molecule has 2 fully saturated rings. The molecule has 2 nitrogen and oxygen atoms in total. The van der Waals surface area contributed by atoms with Crippen LogP contribution < -0.4 is 0 Å². The summed E-state index contributed by atoms with van der Waals surface area (Å²) < 4.78 is 36.2. The molecule has 2 atom stereocenters. The van der Waals surface area contributed by atoms with Crippen LogP contribution in [-0.2, 0) is 9.31 Å². The second-order valence-corrected chi connectivity index (χ2v) is 5.52. The molecule has 2 aliphatic rings. The average Bonchev–Trinajstić information content (AvgIpc) is 2.75. The molecule has 1 saturated carbocycles. The lowest BCUT2D eigenvalue weighted by atomic mass is 9.81. The van der Waals surface area contributed by atoms with Gasteiger partial charge in [0.2, 0.25) is 6.43 Å². The van der Waals surface area contributed by atoms with Crippen LogP contribution >= 0.6 is 0 Å². The maximum absolute atomic E-state index is 12.4. The summed E-state index contributed by atoms with van der Waals surface area (Å²) in [6.07, 6.45) is -1.72. The first-order valence-corrected chi connectivity index (χ1v) is 5.38. The Bertz CT molecular complexity index is 252. The highest BCUT2D eigenvalue weighted by Gasteiger charge is 2.61. The predicted molar refractivity (Wildman–Crippen MR) is 53.9 cm³/mol. The van der Waals surface area contributed by atoms with Gasteiger partial charge in [-0.15, -0.1) is 0 Å². The van der Waals surface area contributed by atoms with Crippen LogP contribution in [0.25, 0.3) is 0 Å². The van der Waals surface area contributed by atoms with E-state index in [1.54, 1.807) is 0 Å². The standard InChI is InChI=1S/C10H17BF2O2/c1-9(2)10(3,4)15-11(14-9)7-5-6(7)8(12)13/h6-8H,5H2,1-4H3/t6-,7-/m1/s1. The van der Waals surface area contributed by atoms with E-state index in [9.17, 15) is 8.78 Å². The molecule has 0 aromatic rings. The van der Waals surface area contributed by atoms with Gasteiger partial charge in [-0.25, -0.2) is 8.78 Å². The number of halogens is 2. The van der Waals surface area contributed by atoms with Gasteiger partial charge < -0.3 is 9.31 Å². The molecule has 1 aliphatic heterocycles. The van der Waals surface area contributed by atoms with Crippen molar-refractivity contribution >= 4 is 7.12 Å². The van der Waals surface area contributed by atoms with Crippen LogP contribution in [0.4, 0.5) is 8.78 Å². The molecule has 0 unspecified atom stereocenters. The second-order valence-electron chi connectivity index (χ2n) is 5.52. The number of alkyl halides is 2. The lowest BCUT2D eigenvalue weighted by Crippen LogP contribution is -2.41. The first-order chi connectivity index (χ1) is 6.74. The lowest BCUT2D eigenvalue weighted by molar-refractivity contribution is 0.00578. The van der Waals surface area contributed by atoms with Crippen molar-refractivity contribution in [3.8, 4) is 0 Å². The van der Waals surface area contributed by atoms with Gasteiger partial charge in [-0.3, -0.25) is 0 Å². The van der Waals surface area contributed by atoms with Crippen LogP contribution in [-0.4, -0.2) is 24.7 Å². The van der Waals surface area contributed by atoms with Gasteiger partial charge in [0.1, 0.15) is 0 Å². The zero-order chi connectivity index (χ0) is 11.4. The van der Waals surface area contributed by atoms with Gasteiger partial charge >= 0.3 is 7.12 Å². The molecule has 0 bridgehead atoms. The van der Waals surface area contributed by atoms with E-state index in [-0.39, 0.29) is 5.82 Å². The van der Waals surface area contributed by atoms with Gasteiger partial charge in [-0.1, -0.05) is 0 Å². The number of rotatable bonds is 2. The second kappa shape index (κ2) is 3.17. The van der Waals surface area contributed by atoms with Crippen LogP contribution in [0, 0.1) is 5.92 Å². The summed E-state index contributed by atoms with van der Waals surface area (Å²) >= 11 is 0. The Morgan fingerprint density at radius 3 is 1.93 bits per heavy atom. The smallest absolute Gasteiger partial charge is 0.403 e. The van der Waals surface area contributed by atoms with E-state index in [0.717, 1.165) is 0 Å². The molecule has 2 rings (SSSR count). The third-order valence-corrected chi connectivity index (χ3v) is 3.84. The highest BCUT2D eigenvalue weighted by atomic mass is 19.3. The predicted octanol–water partition coefficient (Wildman–Crippen LogP) is 2.73. The fraction of sp³-hybridized carbons (Fsp3) is 1.00. The van der Waals surface area contributed by atoms with Crippen molar-refractivity contribution in [3.63, 3.8) is 0 Å². The summed E-state index contributed by atoms with van der Waals surface area (Å²) in [7, 11) is -0.450. The quantitative estimate of drug-likeness (QED) is 0.663. The summed E-state index contributed by atoms with van der Waals surface area (Å²) in [5.41, 5.74) is -0.820. The van der Waals surface area contributed by atoms with E-state index in [4.69, 9.17) is 9.31 Å². The van der Waals surface area contributed by atoms with Crippen LogP contribution in [0.15, 0.2) is 0 Å². The van der Waals surface area contributed by atoms with Crippen molar-refractivity contribution in [3.05, 3.63) is 0 Å². The molecular weight excluding hydrogens is 201 g/mol. The molecule has 1 heterocycles. The Labute approximate surface area is 89.5 Å². The highest BCUT2D eigenvalue weighted by Crippen LogP contribution is 2.55. The maximum atomic E-state index is 12.4. The van der Waals surface area contributed by atoms with E-state index in [1.165, 1.54) is 0 Å². The molecule has 15 heavy (non-hydrogen) atoms. The van der Waals surface area contributed by atoms with Crippen LogP contribution in [0.3, 0.4) is 0 Å². The SMILES string of the molecule is CC1(C)OB([C@@H]2C[C@H]2C(F)F)OC1(C)C. The van der Waals surface area contributed by atoms with Crippen LogP contribution in [0.2, 0.25) is 5.82 Å². The summed E-state index contributed by atoms with van der Waals surface area (Å²) in [4.78, 5) is 0. The average molecular weight is 218 g/mol. The minimum Gasteiger partial charge on any atom is -0.403 e. The summed E-state index contributed by atoms with van der Waals surface area (Å²) in [6.45, 7) is 7.75.